The molecule has 150 valence electrons. The summed E-state index contributed by atoms with van der Waals surface area (Å²) >= 11 is 6.23. The fraction of sp³-hybridized carbons (Fsp3) is 0.474. The lowest BCUT2D eigenvalue weighted by molar-refractivity contribution is -0.127. The van der Waals surface area contributed by atoms with Gasteiger partial charge in [0.25, 0.3) is 0 Å². The number of amides is 1. The van der Waals surface area contributed by atoms with Crippen molar-refractivity contribution in [2.24, 2.45) is 4.99 Å². The van der Waals surface area contributed by atoms with Gasteiger partial charge in [-0.25, -0.2) is 9.38 Å². The van der Waals surface area contributed by atoms with Gasteiger partial charge >= 0.3 is 0 Å². The van der Waals surface area contributed by atoms with Crippen LogP contribution in [0.1, 0.15) is 25.3 Å². The van der Waals surface area contributed by atoms with Crippen molar-refractivity contribution in [2.45, 2.75) is 25.2 Å². The Labute approximate surface area is 182 Å². The van der Waals surface area contributed by atoms with Crippen molar-refractivity contribution in [3.63, 3.8) is 0 Å². The minimum absolute atomic E-state index is 0. The standard InChI is InChI=1S/C19H26ClFN4O.HI/c1-13(2)10-22-18(23-11-17(26)25(3)4)24-12-19(7-8-19)15-6-5-14(21)9-16(15)20;/h5-6,9H,1,7-8,10-12H2,2-4H3,(H2,22,23,24);1H. The molecule has 1 amide bonds. The number of halogens is 3. The van der Waals surface area contributed by atoms with Crippen molar-refractivity contribution in [3.8, 4) is 0 Å². The van der Waals surface area contributed by atoms with Gasteiger partial charge in [-0.3, -0.25) is 4.79 Å². The summed E-state index contributed by atoms with van der Waals surface area (Å²) in [6.07, 6.45) is 1.94. The maximum absolute atomic E-state index is 13.3. The third-order valence-electron chi connectivity index (χ3n) is 4.38. The third kappa shape index (κ3) is 6.95. The van der Waals surface area contributed by atoms with Crippen LogP contribution < -0.4 is 10.6 Å². The highest BCUT2D eigenvalue weighted by atomic mass is 127. The van der Waals surface area contributed by atoms with E-state index in [2.05, 4.69) is 22.2 Å². The van der Waals surface area contributed by atoms with Crippen LogP contribution in [0.2, 0.25) is 5.02 Å². The Morgan fingerprint density at radius 3 is 2.56 bits per heavy atom. The molecule has 0 unspecified atom stereocenters. The number of hydrogen-bond donors (Lipinski definition) is 2. The highest BCUT2D eigenvalue weighted by Gasteiger charge is 2.45. The van der Waals surface area contributed by atoms with E-state index in [1.807, 2.05) is 6.92 Å². The summed E-state index contributed by atoms with van der Waals surface area (Å²) in [5, 5.41) is 6.90. The molecule has 0 saturated heterocycles. The molecule has 8 heteroatoms. The van der Waals surface area contributed by atoms with Crippen molar-refractivity contribution in [2.75, 3.05) is 33.7 Å². The number of nitrogens with zero attached hydrogens (tertiary/aromatic N) is 2. The van der Waals surface area contributed by atoms with Gasteiger partial charge in [0, 0.05) is 37.6 Å². The molecule has 1 aliphatic carbocycles. The van der Waals surface area contributed by atoms with Crippen LogP contribution in [0.3, 0.4) is 0 Å². The highest BCUT2D eigenvalue weighted by Crippen LogP contribution is 2.50. The summed E-state index contributed by atoms with van der Waals surface area (Å²) in [6.45, 7) is 7.01. The topological polar surface area (TPSA) is 56.7 Å². The number of carbonyl (C=O) groups excluding carboxylic acids is 1. The second-order valence-corrected chi connectivity index (χ2v) is 7.43. The average Bonchev–Trinajstić information content (AvgIpc) is 3.34. The van der Waals surface area contributed by atoms with Crippen molar-refractivity contribution in [3.05, 3.63) is 46.8 Å². The van der Waals surface area contributed by atoms with E-state index in [0.29, 0.717) is 24.1 Å². The van der Waals surface area contributed by atoms with Crippen LogP contribution in [-0.4, -0.2) is 50.5 Å². The Balaban J connectivity index is 0.00000364. The van der Waals surface area contributed by atoms with Gasteiger partial charge in [-0.1, -0.05) is 29.8 Å². The van der Waals surface area contributed by atoms with Crippen molar-refractivity contribution in [1.29, 1.82) is 0 Å². The van der Waals surface area contributed by atoms with Gasteiger partial charge in [0.05, 0.1) is 0 Å². The molecular weight excluding hydrogens is 482 g/mol. The van der Waals surface area contributed by atoms with Crippen molar-refractivity contribution >= 4 is 47.4 Å². The van der Waals surface area contributed by atoms with Crippen LogP contribution >= 0.6 is 35.6 Å². The SMILES string of the molecule is C=C(C)CNC(=NCC(=O)N(C)C)NCC1(c2ccc(F)cc2Cl)CC1.I. The van der Waals surface area contributed by atoms with Gasteiger partial charge in [0.15, 0.2) is 5.96 Å². The van der Waals surface area contributed by atoms with Crippen LogP contribution in [0.4, 0.5) is 4.39 Å². The number of nitrogens with one attached hydrogen (secondary N) is 2. The molecule has 1 aromatic carbocycles. The summed E-state index contributed by atoms with van der Waals surface area (Å²) in [7, 11) is 3.39. The summed E-state index contributed by atoms with van der Waals surface area (Å²) in [4.78, 5) is 17.6. The fourth-order valence-corrected chi connectivity index (χ4v) is 2.93. The van der Waals surface area contributed by atoms with Crippen LogP contribution in [-0.2, 0) is 10.2 Å². The number of aliphatic imine (C=N–C) groups is 1. The Morgan fingerprint density at radius 2 is 2.04 bits per heavy atom. The maximum atomic E-state index is 13.3. The minimum Gasteiger partial charge on any atom is -0.355 e. The van der Waals surface area contributed by atoms with E-state index >= 15 is 0 Å². The van der Waals surface area contributed by atoms with Crippen LogP contribution in [0.15, 0.2) is 35.3 Å². The Kier molecular flexibility index (Phi) is 9.01. The first-order valence-corrected chi connectivity index (χ1v) is 8.93. The lowest BCUT2D eigenvalue weighted by atomic mass is 9.96. The first kappa shape index (κ1) is 23.7. The molecule has 0 heterocycles. The van der Waals surface area contributed by atoms with Gasteiger partial charge in [-0.15, -0.1) is 24.0 Å². The van der Waals surface area contributed by atoms with Crippen molar-refractivity contribution < 1.29 is 9.18 Å². The molecule has 0 spiro atoms. The lowest BCUT2D eigenvalue weighted by Crippen LogP contribution is -2.42. The smallest absolute Gasteiger partial charge is 0.243 e. The zero-order valence-corrected chi connectivity index (χ0v) is 19.0. The molecule has 0 bridgehead atoms. The van der Waals surface area contributed by atoms with Crippen LogP contribution in [0, 0.1) is 5.82 Å². The second-order valence-electron chi connectivity index (χ2n) is 7.02. The number of likely N-dealkylation sites (N-methyl/N-ethyl adjacent to an activating group) is 1. The highest BCUT2D eigenvalue weighted by molar-refractivity contribution is 14.0. The zero-order chi connectivity index (χ0) is 19.3. The van der Waals surface area contributed by atoms with Gasteiger partial charge in [0.2, 0.25) is 5.91 Å². The molecule has 1 aliphatic rings. The maximum Gasteiger partial charge on any atom is 0.243 e. The van der Waals surface area contributed by atoms with Crippen LogP contribution in [0.5, 0.6) is 0 Å². The first-order chi connectivity index (χ1) is 12.2. The molecule has 0 aliphatic heterocycles. The summed E-state index contributed by atoms with van der Waals surface area (Å²) < 4.78 is 13.3. The molecule has 1 saturated carbocycles. The largest absolute Gasteiger partial charge is 0.355 e. The Hall–Kier alpha value is -1.35. The quantitative estimate of drug-likeness (QED) is 0.257. The second kappa shape index (κ2) is 10.3. The molecule has 0 radical (unpaired) electrons. The molecule has 0 atom stereocenters. The molecule has 5 nitrogen and oxygen atoms in total. The summed E-state index contributed by atoms with van der Waals surface area (Å²) in [6, 6.07) is 4.53. The van der Waals surface area contributed by atoms with Crippen molar-refractivity contribution in [1.82, 2.24) is 15.5 Å². The molecule has 0 aromatic heterocycles. The van der Waals surface area contributed by atoms with E-state index in [0.717, 1.165) is 24.0 Å². The van der Waals surface area contributed by atoms with E-state index in [1.54, 1.807) is 20.2 Å². The van der Waals surface area contributed by atoms with E-state index in [4.69, 9.17) is 11.6 Å². The zero-order valence-electron chi connectivity index (χ0n) is 15.9. The Bertz CT molecular complexity index is 720. The number of hydrogen-bond acceptors (Lipinski definition) is 2. The molecule has 1 aromatic rings. The average molecular weight is 509 g/mol. The molecule has 1 fully saturated rings. The third-order valence-corrected chi connectivity index (χ3v) is 4.69. The number of rotatable bonds is 7. The number of guanidine groups is 1. The predicted molar refractivity (Wildman–Crippen MR) is 120 cm³/mol. The predicted octanol–water partition coefficient (Wildman–Crippen LogP) is 3.33. The monoisotopic (exact) mass is 508 g/mol. The number of carbonyl (C=O) groups is 1. The lowest BCUT2D eigenvalue weighted by Gasteiger charge is -2.20. The first-order valence-electron chi connectivity index (χ1n) is 8.56. The van der Waals surface area contributed by atoms with E-state index in [1.165, 1.54) is 17.0 Å². The molecule has 2 N–H and O–H groups in total. The fourth-order valence-electron chi connectivity index (χ4n) is 2.56. The van der Waals surface area contributed by atoms with E-state index < -0.39 is 0 Å². The van der Waals surface area contributed by atoms with E-state index in [9.17, 15) is 9.18 Å². The van der Waals surface area contributed by atoms with E-state index in [-0.39, 0.29) is 47.7 Å². The molecule has 2 rings (SSSR count). The summed E-state index contributed by atoms with van der Waals surface area (Å²) in [5.74, 6) is 0.131. The number of benzene rings is 1. The van der Waals surface area contributed by atoms with Gasteiger partial charge in [0.1, 0.15) is 12.4 Å². The van der Waals surface area contributed by atoms with Gasteiger partial charge in [-0.05, 0) is 37.5 Å². The van der Waals surface area contributed by atoms with Crippen LogP contribution in [0.25, 0.3) is 0 Å². The normalized spacial score (nSPS) is 14.8. The van der Waals surface area contributed by atoms with Gasteiger partial charge < -0.3 is 15.5 Å². The molecular formula is C19H27ClFIN4O. The molecule has 27 heavy (non-hydrogen) atoms. The Morgan fingerprint density at radius 1 is 1.37 bits per heavy atom. The summed E-state index contributed by atoms with van der Waals surface area (Å²) in [5.41, 5.74) is 1.78. The van der Waals surface area contributed by atoms with Gasteiger partial charge in [-0.2, -0.15) is 0 Å². The minimum atomic E-state index is -0.338.